The van der Waals surface area contributed by atoms with Gasteiger partial charge in [0.2, 0.25) is 0 Å². The van der Waals surface area contributed by atoms with Crippen molar-refractivity contribution in [2.75, 3.05) is 0 Å². The predicted molar refractivity (Wildman–Crippen MR) is 74.4 cm³/mol. The zero-order valence-corrected chi connectivity index (χ0v) is 11.6. The molecule has 0 amide bonds. The highest BCUT2D eigenvalue weighted by molar-refractivity contribution is 9.10. The molecule has 0 N–H and O–H groups in total. The highest BCUT2D eigenvalue weighted by Gasteiger charge is 2.01. The van der Waals surface area contributed by atoms with Gasteiger partial charge in [0.15, 0.2) is 0 Å². The van der Waals surface area contributed by atoms with E-state index in [1.54, 1.807) is 0 Å². The number of hydrogen-bond acceptors (Lipinski definition) is 1. The summed E-state index contributed by atoms with van der Waals surface area (Å²) in [6, 6.07) is 14.4. The van der Waals surface area contributed by atoms with Crippen LogP contribution in [0.4, 0.5) is 0 Å². The Balaban J connectivity index is 2.04. The molecule has 0 aromatic heterocycles. The molecule has 0 saturated heterocycles. The Morgan fingerprint density at radius 1 is 0.941 bits per heavy atom. The van der Waals surface area contributed by atoms with Gasteiger partial charge in [-0.25, -0.2) is 0 Å². The van der Waals surface area contributed by atoms with Gasteiger partial charge in [0.25, 0.3) is 0 Å². The van der Waals surface area contributed by atoms with Crippen molar-refractivity contribution in [3.05, 3.63) is 63.6 Å². The Kier molecular flexibility index (Phi) is 3.85. The maximum Gasteiger partial charge on any atom is 0.119 e. The normalized spacial score (nSPS) is 10.3. The number of aryl methyl sites for hydroxylation is 2. The van der Waals surface area contributed by atoms with E-state index in [2.05, 4.69) is 60.1 Å². The summed E-state index contributed by atoms with van der Waals surface area (Å²) in [6.45, 7) is 4.74. The fourth-order valence-electron chi connectivity index (χ4n) is 1.56. The van der Waals surface area contributed by atoms with E-state index in [9.17, 15) is 0 Å². The largest absolute Gasteiger partial charge is 0.489 e. The topological polar surface area (TPSA) is 9.23 Å². The molecule has 2 heteroatoms. The lowest BCUT2D eigenvalue weighted by Crippen LogP contribution is -1.96. The summed E-state index contributed by atoms with van der Waals surface area (Å²) in [5.41, 5.74) is 3.65. The van der Waals surface area contributed by atoms with Crippen LogP contribution in [-0.2, 0) is 6.61 Å². The number of hydrogen-bond donors (Lipinski definition) is 0. The minimum absolute atomic E-state index is 0.587. The summed E-state index contributed by atoms with van der Waals surface area (Å²) in [5.74, 6) is 0.906. The molecule has 0 heterocycles. The van der Waals surface area contributed by atoms with Crippen molar-refractivity contribution in [2.24, 2.45) is 0 Å². The van der Waals surface area contributed by atoms with Crippen molar-refractivity contribution < 1.29 is 4.74 Å². The van der Waals surface area contributed by atoms with Gasteiger partial charge in [0.05, 0.1) is 0 Å². The molecule has 2 aromatic rings. The van der Waals surface area contributed by atoms with Crippen molar-refractivity contribution in [1.29, 1.82) is 0 Å². The van der Waals surface area contributed by atoms with Gasteiger partial charge in [0, 0.05) is 10.0 Å². The highest BCUT2D eigenvalue weighted by Crippen LogP contribution is 2.20. The van der Waals surface area contributed by atoms with Crippen molar-refractivity contribution in [2.45, 2.75) is 20.5 Å². The number of rotatable bonds is 3. The molecule has 0 radical (unpaired) electrons. The van der Waals surface area contributed by atoms with E-state index < -0.39 is 0 Å². The van der Waals surface area contributed by atoms with Crippen LogP contribution in [0.5, 0.6) is 5.75 Å². The quantitative estimate of drug-likeness (QED) is 0.800. The summed E-state index contributed by atoms with van der Waals surface area (Å²) in [5, 5.41) is 0. The monoisotopic (exact) mass is 290 g/mol. The Bertz CT molecular complexity index is 503. The Labute approximate surface area is 111 Å². The average molecular weight is 291 g/mol. The van der Waals surface area contributed by atoms with Crippen LogP contribution < -0.4 is 4.74 Å². The van der Waals surface area contributed by atoms with Crippen LogP contribution in [0.25, 0.3) is 0 Å². The Hall–Kier alpha value is -1.28. The average Bonchev–Trinajstić information content (AvgIpc) is 2.30. The molecule has 0 fully saturated rings. The van der Waals surface area contributed by atoms with Gasteiger partial charge in [-0.05, 0) is 37.6 Å². The first-order chi connectivity index (χ1) is 8.15. The highest BCUT2D eigenvalue weighted by atomic mass is 79.9. The fourth-order valence-corrected chi connectivity index (χ4v) is 2.17. The molecule has 2 rings (SSSR count). The third kappa shape index (κ3) is 3.34. The minimum atomic E-state index is 0.587. The predicted octanol–water partition coefficient (Wildman–Crippen LogP) is 4.64. The molecule has 1 nitrogen and oxygen atoms in total. The molecule has 2 aromatic carbocycles. The van der Waals surface area contributed by atoms with Gasteiger partial charge in [0.1, 0.15) is 12.4 Å². The third-order valence-electron chi connectivity index (χ3n) is 2.62. The molecular formula is C15H15BrO. The second-order valence-corrected chi connectivity index (χ2v) is 5.05. The van der Waals surface area contributed by atoms with Crippen molar-refractivity contribution in [3.63, 3.8) is 0 Å². The standard InChI is InChI=1S/C15H15BrO/c1-11-4-7-14(8-5-11)17-10-13-6-3-12(2)9-15(13)16/h3-9H,10H2,1-2H3. The van der Waals surface area contributed by atoms with E-state index in [0.717, 1.165) is 15.8 Å². The van der Waals surface area contributed by atoms with E-state index in [-0.39, 0.29) is 0 Å². The van der Waals surface area contributed by atoms with Gasteiger partial charge in [-0.1, -0.05) is 45.8 Å². The van der Waals surface area contributed by atoms with Crippen LogP contribution in [0.2, 0.25) is 0 Å². The lowest BCUT2D eigenvalue weighted by atomic mass is 10.2. The summed E-state index contributed by atoms with van der Waals surface area (Å²) in [6.07, 6.45) is 0. The Morgan fingerprint density at radius 3 is 2.24 bits per heavy atom. The smallest absolute Gasteiger partial charge is 0.119 e. The first-order valence-electron chi connectivity index (χ1n) is 5.59. The minimum Gasteiger partial charge on any atom is -0.489 e. The molecule has 0 spiro atoms. The molecular weight excluding hydrogens is 276 g/mol. The zero-order chi connectivity index (χ0) is 12.3. The van der Waals surface area contributed by atoms with Crippen LogP contribution in [0.3, 0.4) is 0 Å². The molecule has 0 aliphatic heterocycles. The van der Waals surface area contributed by atoms with Gasteiger partial charge < -0.3 is 4.74 Å². The van der Waals surface area contributed by atoms with E-state index in [1.807, 2.05) is 12.1 Å². The second kappa shape index (κ2) is 5.37. The van der Waals surface area contributed by atoms with Crippen LogP contribution >= 0.6 is 15.9 Å². The number of benzene rings is 2. The first kappa shape index (κ1) is 12.2. The van der Waals surface area contributed by atoms with Gasteiger partial charge in [-0.3, -0.25) is 0 Å². The molecule has 17 heavy (non-hydrogen) atoms. The van der Waals surface area contributed by atoms with Crippen molar-refractivity contribution in [1.82, 2.24) is 0 Å². The summed E-state index contributed by atoms with van der Waals surface area (Å²) in [4.78, 5) is 0. The molecule has 0 unspecified atom stereocenters. The van der Waals surface area contributed by atoms with Gasteiger partial charge >= 0.3 is 0 Å². The van der Waals surface area contributed by atoms with Crippen LogP contribution in [-0.4, -0.2) is 0 Å². The van der Waals surface area contributed by atoms with E-state index >= 15 is 0 Å². The zero-order valence-electron chi connectivity index (χ0n) is 10.0. The molecule has 0 aliphatic rings. The van der Waals surface area contributed by atoms with E-state index in [0.29, 0.717) is 6.61 Å². The SMILES string of the molecule is Cc1ccc(OCc2ccc(C)cc2Br)cc1. The van der Waals surface area contributed by atoms with Crippen LogP contribution in [0, 0.1) is 13.8 Å². The fraction of sp³-hybridized carbons (Fsp3) is 0.200. The molecule has 0 aliphatic carbocycles. The molecule has 0 saturated carbocycles. The van der Waals surface area contributed by atoms with Crippen molar-refractivity contribution >= 4 is 15.9 Å². The first-order valence-corrected chi connectivity index (χ1v) is 6.39. The van der Waals surface area contributed by atoms with Gasteiger partial charge in [-0.2, -0.15) is 0 Å². The maximum atomic E-state index is 5.74. The van der Waals surface area contributed by atoms with Crippen LogP contribution in [0.1, 0.15) is 16.7 Å². The number of halogens is 1. The maximum absolute atomic E-state index is 5.74. The lowest BCUT2D eigenvalue weighted by molar-refractivity contribution is 0.305. The summed E-state index contributed by atoms with van der Waals surface area (Å²) < 4.78 is 6.84. The van der Waals surface area contributed by atoms with Crippen LogP contribution in [0.15, 0.2) is 46.9 Å². The number of ether oxygens (including phenoxy) is 1. The molecule has 88 valence electrons. The van der Waals surface area contributed by atoms with Gasteiger partial charge in [-0.15, -0.1) is 0 Å². The second-order valence-electron chi connectivity index (χ2n) is 4.20. The lowest BCUT2D eigenvalue weighted by Gasteiger charge is -2.08. The van der Waals surface area contributed by atoms with Crippen molar-refractivity contribution in [3.8, 4) is 5.75 Å². The molecule has 0 atom stereocenters. The third-order valence-corrected chi connectivity index (χ3v) is 3.36. The summed E-state index contributed by atoms with van der Waals surface area (Å²) in [7, 11) is 0. The van der Waals surface area contributed by atoms with E-state index in [4.69, 9.17) is 4.74 Å². The van der Waals surface area contributed by atoms with E-state index in [1.165, 1.54) is 11.1 Å². The summed E-state index contributed by atoms with van der Waals surface area (Å²) >= 11 is 3.55. The Morgan fingerprint density at radius 2 is 1.59 bits per heavy atom. The molecule has 0 bridgehead atoms.